The van der Waals surface area contributed by atoms with Crippen molar-refractivity contribution < 1.29 is 9.13 Å². The van der Waals surface area contributed by atoms with E-state index >= 15 is 0 Å². The zero-order valence-corrected chi connectivity index (χ0v) is 10.8. The minimum Gasteiger partial charge on any atom is -0.455 e. The van der Waals surface area contributed by atoms with E-state index in [1.807, 2.05) is 19.1 Å². The minimum atomic E-state index is -0.361. The van der Waals surface area contributed by atoms with Crippen LogP contribution in [0, 0.1) is 12.7 Å². The number of anilines is 1. The van der Waals surface area contributed by atoms with Crippen molar-refractivity contribution in [1.29, 1.82) is 0 Å². The van der Waals surface area contributed by atoms with Crippen molar-refractivity contribution in [3.63, 3.8) is 0 Å². The van der Waals surface area contributed by atoms with E-state index < -0.39 is 0 Å². The van der Waals surface area contributed by atoms with Crippen molar-refractivity contribution in [3.8, 4) is 11.5 Å². The molecule has 0 saturated carbocycles. The van der Waals surface area contributed by atoms with Crippen molar-refractivity contribution in [3.05, 3.63) is 52.3 Å². The lowest BCUT2D eigenvalue weighted by atomic mass is 10.2. The van der Waals surface area contributed by atoms with Crippen LogP contribution in [0.15, 0.2) is 40.9 Å². The van der Waals surface area contributed by atoms with E-state index in [1.54, 1.807) is 12.1 Å². The standard InChI is InChI=1S/C13H11BrFNO/c1-8-3-2-4-12(13(8)16)17-11-6-9(14)5-10(15)7-11/h2-7H,16H2,1H3. The van der Waals surface area contributed by atoms with Gasteiger partial charge in [-0.05, 0) is 30.7 Å². The molecule has 2 nitrogen and oxygen atoms in total. The number of halogens is 2. The van der Waals surface area contributed by atoms with Gasteiger partial charge in [0.25, 0.3) is 0 Å². The topological polar surface area (TPSA) is 35.2 Å². The Morgan fingerprint density at radius 3 is 2.71 bits per heavy atom. The first kappa shape index (κ1) is 11.9. The molecule has 0 aliphatic carbocycles. The number of ether oxygens (including phenoxy) is 1. The molecule has 0 bridgehead atoms. The Kier molecular flexibility index (Phi) is 3.33. The highest BCUT2D eigenvalue weighted by Crippen LogP contribution is 2.31. The summed E-state index contributed by atoms with van der Waals surface area (Å²) in [5, 5.41) is 0. The third kappa shape index (κ3) is 2.77. The van der Waals surface area contributed by atoms with Crippen LogP contribution in [0.3, 0.4) is 0 Å². The van der Waals surface area contributed by atoms with Crippen molar-refractivity contribution in [2.75, 3.05) is 5.73 Å². The second kappa shape index (κ2) is 4.75. The molecule has 0 atom stereocenters. The van der Waals surface area contributed by atoms with E-state index in [2.05, 4.69) is 15.9 Å². The lowest BCUT2D eigenvalue weighted by Gasteiger charge is -2.10. The second-order valence-corrected chi connectivity index (χ2v) is 4.61. The van der Waals surface area contributed by atoms with Crippen LogP contribution >= 0.6 is 15.9 Å². The molecular weight excluding hydrogens is 285 g/mol. The molecule has 0 heterocycles. The monoisotopic (exact) mass is 295 g/mol. The predicted molar refractivity (Wildman–Crippen MR) is 69.8 cm³/mol. The van der Waals surface area contributed by atoms with Gasteiger partial charge in [0, 0.05) is 10.5 Å². The first-order valence-electron chi connectivity index (χ1n) is 5.05. The first-order valence-corrected chi connectivity index (χ1v) is 5.84. The molecule has 0 amide bonds. The Bertz CT molecular complexity index is 537. The number of hydrogen-bond acceptors (Lipinski definition) is 2. The Hall–Kier alpha value is -1.55. The van der Waals surface area contributed by atoms with E-state index in [0.717, 1.165) is 5.56 Å². The number of rotatable bonds is 2. The van der Waals surface area contributed by atoms with Crippen LogP contribution < -0.4 is 10.5 Å². The zero-order valence-electron chi connectivity index (χ0n) is 9.21. The minimum absolute atomic E-state index is 0.361. The highest BCUT2D eigenvalue weighted by Gasteiger charge is 2.06. The summed E-state index contributed by atoms with van der Waals surface area (Å²) in [7, 11) is 0. The third-order valence-electron chi connectivity index (χ3n) is 2.35. The molecule has 88 valence electrons. The maximum Gasteiger partial charge on any atom is 0.150 e. The lowest BCUT2D eigenvalue weighted by Crippen LogP contribution is -1.94. The molecule has 0 unspecified atom stereocenters. The summed E-state index contributed by atoms with van der Waals surface area (Å²) in [6.07, 6.45) is 0. The molecular formula is C13H11BrFNO. The van der Waals surface area contributed by atoms with Gasteiger partial charge in [0.05, 0.1) is 5.69 Å². The quantitative estimate of drug-likeness (QED) is 0.840. The van der Waals surface area contributed by atoms with E-state index in [4.69, 9.17) is 10.5 Å². The van der Waals surface area contributed by atoms with E-state index in [0.29, 0.717) is 21.7 Å². The fourth-order valence-electron chi connectivity index (χ4n) is 1.46. The summed E-state index contributed by atoms with van der Waals surface area (Å²) >= 11 is 3.21. The Morgan fingerprint density at radius 2 is 2.00 bits per heavy atom. The normalized spacial score (nSPS) is 10.3. The van der Waals surface area contributed by atoms with Crippen LogP contribution in [-0.2, 0) is 0 Å². The Balaban J connectivity index is 2.34. The van der Waals surface area contributed by atoms with Crippen molar-refractivity contribution in [2.45, 2.75) is 6.92 Å². The predicted octanol–water partition coefficient (Wildman–Crippen LogP) is 4.27. The van der Waals surface area contributed by atoms with Crippen LogP contribution in [-0.4, -0.2) is 0 Å². The van der Waals surface area contributed by atoms with Gasteiger partial charge in [-0.2, -0.15) is 0 Å². The van der Waals surface area contributed by atoms with Gasteiger partial charge in [0.2, 0.25) is 0 Å². The average molecular weight is 296 g/mol. The number of nitrogens with two attached hydrogens (primary N) is 1. The number of aryl methyl sites for hydroxylation is 1. The summed E-state index contributed by atoms with van der Waals surface area (Å²) in [6, 6.07) is 9.85. The molecule has 2 N–H and O–H groups in total. The van der Waals surface area contributed by atoms with Gasteiger partial charge >= 0.3 is 0 Å². The SMILES string of the molecule is Cc1cccc(Oc2cc(F)cc(Br)c2)c1N. The lowest BCUT2D eigenvalue weighted by molar-refractivity contribution is 0.478. The molecule has 0 aliphatic heterocycles. The Morgan fingerprint density at radius 1 is 1.24 bits per heavy atom. The summed E-state index contributed by atoms with van der Waals surface area (Å²) in [5.74, 6) is 0.581. The molecule has 0 fully saturated rings. The zero-order chi connectivity index (χ0) is 12.4. The largest absolute Gasteiger partial charge is 0.455 e. The molecule has 0 aliphatic rings. The van der Waals surface area contributed by atoms with Crippen LogP contribution in [0.5, 0.6) is 11.5 Å². The summed E-state index contributed by atoms with van der Waals surface area (Å²) < 4.78 is 19.3. The van der Waals surface area contributed by atoms with E-state index in [-0.39, 0.29) is 5.82 Å². The fraction of sp³-hybridized carbons (Fsp3) is 0.0769. The Labute approximate surface area is 107 Å². The van der Waals surface area contributed by atoms with Crippen molar-refractivity contribution >= 4 is 21.6 Å². The molecule has 2 rings (SSSR count). The molecule has 0 saturated heterocycles. The average Bonchev–Trinajstić information content (AvgIpc) is 2.23. The van der Waals surface area contributed by atoms with Crippen LogP contribution in [0.1, 0.15) is 5.56 Å². The van der Waals surface area contributed by atoms with Gasteiger partial charge in [-0.25, -0.2) is 4.39 Å². The molecule has 2 aromatic rings. The molecule has 0 radical (unpaired) electrons. The van der Waals surface area contributed by atoms with E-state index in [1.165, 1.54) is 12.1 Å². The van der Waals surface area contributed by atoms with E-state index in [9.17, 15) is 4.39 Å². The van der Waals surface area contributed by atoms with Gasteiger partial charge in [0.1, 0.15) is 11.6 Å². The number of hydrogen-bond donors (Lipinski definition) is 1. The number of benzene rings is 2. The highest BCUT2D eigenvalue weighted by atomic mass is 79.9. The van der Waals surface area contributed by atoms with Gasteiger partial charge in [-0.1, -0.05) is 28.1 Å². The van der Waals surface area contributed by atoms with Crippen LogP contribution in [0.4, 0.5) is 10.1 Å². The summed E-state index contributed by atoms with van der Waals surface area (Å²) in [4.78, 5) is 0. The summed E-state index contributed by atoms with van der Waals surface area (Å²) in [6.45, 7) is 1.89. The first-order chi connectivity index (χ1) is 8.06. The third-order valence-corrected chi connectivity index (χ3v) is 2.81. The number of nitrogen functional groups attached to an aromatic ring is 1. The maximum atomic E-state index is 13.2. The van der Waals surface area contributed by atoms with Gasteiger partial charge in [-0.3, -0.25) is 0 Å². The van der Waals surface area contributed by atoms with Gasteiger partial charge < -0.3 is 10.5 Å². The molecule has 2 aromatic carbocycles. The molecule has 17 heavy (non-hydrogen) atoms. The molecule has 4 heteroatoms. The maximum absolute atomic E-state index is 13.2. The van der Waals surface area contributed by atoms with Crippen molar-refractivity contribution in [1.82, 2.24) is 0 Å². The summed E-state index contributed by atoms with van der Waals surface area (Å²) in [5.41, 5.74) is 7.37. The molecule has 0 aromatic heterocycles. The smallest absolute Gasteiger partial charge is 0.150 e. The number of para-hydroxylation sites is 1. The second-order valence-electron chi connectivity index (χ2n) is 3.69. The highest BCUT2D eigenvalue weighted by molar-refractivity contribution is 9.10. The van der Waals surface area contributed by atoms with Gasteiger partial charge in [0.15, 0.2) is 5.75 Å². The van der Waals surface area contributed by atoms with Crippen LogP contribution in [0.25, 0.3) is 0 Å². The van der Waals surface area contributed by atoms with Crippen LogP contribution in [0.2, 0.25) is 0 Å². The molecule has 0 spiro atoms. The van der Waals surface area contributed by atoms with Gasteiger partial charge in [-0.15, -0.1) is 0 Å². The van der Waals surface area contributed by atoms with Crippen molar-refractivity contribution in [2.24, 2.45) is 0 Å². The fourth-order valence-corrected chi connectivity index (χ4v) is 1.90.